The van der Waals surface area contributed by atoms with Crippen LogP contribution >= 0.6 is 15.9 Å². The first kappa shape index (κ1) is 11.4. The van der Waals surface area contributed by atoms with Gasteiger partial charge < -0.3 is 9.47 Å². The molecule has 0 rings (SSSR count). The second-order valence-electron chi connectivity index (χ2n) is 2.17. The van der Waals surface area contributed by atoms with Crippen molar-refractivity contribution >= 4 is 15.9 Å². The number of halogens is 1. The van der Waals surface area contributed by atoms with Crippen LogP contribution in [0.3, 0.4) is 0 Å². The van der Waals surface area contributed by atoms with Crippen molar-refractivity contribution in [2.24, 2.45) is 0 Å². The largest absolute Gasteiger partial charge is 0.353 e. The Morgan fingerprint density at radius 3 is 2.09 bits per heavy atom. The molecule has 0 bridgehead atoms. The molecule has 0 heterocycles. The number of ether oxygens (including phenoxy) is 2. The third-order valence-corrected chi connectivity index (χ3v) is 1.84. The van der Waals surface area contributed by atoms with Crippen LogP contribution in [-0.4, -0.2) is 24.8 Å². The Morgan fingerprint density at radius 2 is 1.73 bits per heavy atom. The summed E-state index contributed by atoms with van der Waals surface area (Å²) in [5.74, 6) is 0. The van der Waals surface area contributed by atoms with E-state index >= 15 is 0 Å². The van der Waals surface area contributed by atoms with Crippen molar-refractivity contribution in [2.45, 2.75) is 33.0 Å². The summed E-state index contributed by atoms with van der Waals surface area (Å²) in [6, 6.07) is 0. The summed E-state index contributed by atoms with van der Waals surface area (Å²) in [6.45, 7) is 5.43. The maximum atomic E-state index is 5.34. The molecule has 0 radical (unpaired) electrons. The first-order valence-electron chi connectivity index (χ1n) is 4.14. The zero-order valence-electron chi connectivity index (χ0n) is 7.31. The maximum absolute atomic E-state index is 5.34. The molecule has 0 N–H and O–H groups in total. The fraction of sp³-hybridized carbons (Fsp3) is 1.00. The van der Waals surface area contributed by atoms with Crippen LogP contribution in [0.1, 0.15) is 26.7 Å². The van der Waals surface area contributed by atoms with Gasteiger partial charge in [0.15, 0.2) is 6.29 Å². The molecule has 0 fully saturated rings. The van der Waals surface area contributed by atoms with Gasteiger partial charge in [0.1, 0.15) is 0 Å². The number of alkyl halides is 1. The molecule has 0 aromatic rings. The molecule has 0 unspecified atom stereocenters. The SMILES string of the molecule is CCOC(CCCBr)OCC. The number of hydrogen-bond donors (Lipinski definition) is 0. The number of hydrogen-bond acceptors (Lipinski definition) is 2. The van der Waals surface area contributed by atoms with Gasteiger partial charge in [-0.3, -0.25) is 0 Å². The predicted molar refractivity (Wildman–Crippen MR) is 50.1 cm³/mol. The molecule has 11 heavy (non-hydrogen) atoms. The fourth-order valence-corrected chi connectivity index (χ4v) is 1.15. The van der Waals surface area contributed by atoms with Gasteiger partial charge in [-0.25, -0.2) is 0 Å². The normalized spacial score (nSPS) is 10.9. The zero-order chi connectivity index (χ0) is 8.53. The van der Waals surface area contributed by atoms with E-state index in [0.717, 1.165) is 31.4 Å². The monoisotopic (exact) mass is 224 g/mol. The molecule has 0 amide bonds. The smallest absolute Gasteiger partial charge is 0.157 e. The summed E-state index contributed by atoms with van der Waals surface area (Å²) in [6.07, 6.45) is 2.08. The summed E-state index contributed by atoms with van der Waals surface area (Å²) < 4.78 is 10.7. The Morgan fingerprint density at radius 1 is 1.18 bits per heavy atom. The van der Waals surface area contributed by atoms with Crippen molar-refractivity contribution < 1.29 is 9.47 Å². The van der Waals surface area contributed by atoms with Crippen LogP contribution in [0, 0.1) is 0 Å². The van der Waals surface area contributed by atoms with Gasteiger partial charge in [-0.2, -0.15) is 0 Å². The molecule has 0 saturated carbocycles. The highest BCUT2D eigenvalue weighted by Gasteiger charge is 2.05. The van der Waals surface area contributed by atoms with Gasteiger partial charge in [0.05, 0.1) is 0 Å². The predicted octanol–water partition coefficient (Wildman–Crippen LogP) is 2.56. The highest BCUT2D eigenvalue weighted by Crippen LogP contribution is 2.05. The Labute approximate surface area is 77.4 Å². The quantitative estimate of drug-likeness (QED) is 0.489. The molecule has 0 aromatic carbocycles. The molecule has 2 nitrogen and oxygen atoms in total. The number of rotatable bonds is 7. The van der Waals surface area contributed by atoms with Gasteiger partial charge >= 0.3 is 0 Å². The van der Waals surface area contributed by atoms with E-state index in [4.69, 9.17) is 9.47 Å². The van der Waals surface area contributed by atoms with E-state index in [0.29, 0.717) is 0 Å². The lowest BCUT2D eigenvalue weighted by atomic mass is 10.3. The van der Waals surface area contributed by atoms with Crippen molar-refractivity contribution in [1.29, 1.82) is 0 Å². The molecule has 0 aromatic heterocycles. The molecular formula is C8H17BrO2. The second kappa shape index (κ2) is 8.50. The highest BCUT2D eigenvalue weighted by atomic mass is 79.9. The standard InChI is InChI=1S/C8H17BrO2/c1-3-10-8(11-4-2)6-5-7-9/h8H,3-7H2,1-2H3. The van der Waals surface area contributed by atoms with Crippen LogP contribution in [0.4, 0.5) is 0 Å². The van der Waals surface area contributed by atoms with E-state index in [1.807, 2.05) is 13.8 Å². The lowest BCUT2D eigenvalue weighted by molar-refractivity contribution is -0.139. The summed E-state index contributed by atoms with van der Waals surface area (Å²) >= 11 is 3.37. The van der Waals surface area contributed by atoms with Gasteiger partial charge in [-0.05, 0) is 26.7 Å². The summed E-state index contributed by atoms with van der Waals surface area (Å²) in [4.78, 5) is 0. The Kier molecular flexibility index (Phi) is 8.81. The van der Waals surface area contributed by atoms with E-state index in [1.54, 1.807) is 0 Å². The van der Waals surface area contributed by atoms with E-state index in [9.17, 15) is 0 Å². The molecular weight excluding hydrogens is 208 g/mol. The first-order valence-corrected chi connectivity index (χ1v) is 5.26. The Bertz CT molecular complexity index is 72.5. The third-order valence-electron chi connectivity index (χ3n) is 1.28. The average Bonchev–Trinajstić information content (AvgIpc) is 2.01. The molecule has 0 aliphatic rings. The lowest BCUT2D eigenvalue weighted by Crippen LogP contribution is -2.17. The summed E-state index contributed by atoms with van der Waals surface area (Å²) in [5.41, 5.74) is 0. The molecule has 0 spiro atoms. The van der Waals surface area contributed by atoms with Crippen LogP contribution in [0.15, 0.2) is 0 Å². The molecule has 68 valence electrons. The van der Waals surface area contributed by atoms with Crippen molar-refractivity contribution in [2.75, 3.05) is 18.5 Å². The van der Waals surface area contributed by atoms with E-state index in [-0.39, 0.29) is 6.29 Å². The molecule has 0 aliphatic carbocycles. The maximum Gasteiger partial charge on any atom is 0.157 e. The van der Waals surface area contributed by atoms with Crippen LogP contribution in [-0.2, 0) is 9.47 Å². The molecule has 3 heteroatoms. The van der Waals surface area contributed by atoms with Gasteiger partial charge in [0.25, 0.3) is 0 Å². The molecule has 0 aliphatic heterocycles. The zero-order valence-corrected chi connectivity index (χ0v) is 8.89. The fourth-order valence-electron chi connectivity index (χ4n) is 0.830. The lowest BCUT2D eigenvalue weighted by Gasteiger charge is -2.15. The van der Waals surface area contributed by atoms with Crippen LogP contribution in [0.25, 0.3) is 0 Å². The van der Waals surface area contributed by atoms with Gasteiger partial charge in [-0.15, -0.1) is 0 Å². The topological polar surface area (TPSA) is 18.5 Å². The third kappa shape index (κ3) is 6.78. The van der Waals surface area contributed by atoms with Crippen molar-refractivity contribution in [3.8, 4) is 0 Å². The molecule has 0 atom stereocenters. The van der Waals surface area contributed by atoms with E-state index < -0.39 is 0 Å². The van der Waals surface area contributed by atoms with Crippen molar-refractivity contribution in [3.63, 3.8) is 0 Å². The minimum Gasteiger partial charge on any atom is -0.353 e. The van der Waals surface area contributed by atoms with Gasteiger partial charge in [0, 0.05) is 18.5 Å². The van der Waals surface area contributed by atoms with Gasteiger partial charge in [0.2, 0.25) is 0 Å². The Balaban J connectivity index is 3.34. The van der Waals surface area contributed by atoms with Crippen molar-refractivity contribution in [1.82, 2.24) is 0 Å². The Hall–Kier alpha value is 0.400. The average molecular weight is 225 g/mol. The van der Waals surface area contributed by atoms with Crippen LogP contribution in [0.5, 0.6) is 0 Å². The minimum absolute atomic E-state index is 0.00236. The minimum atomic E-state index is 0.00236. The van der Waals surface area contributed by atoms with Crippen LogP contribution < -0.4 is 0 Å². The molecule has 0 saturated heterocycles. The second-order valence-corrected chi connectivity index (χ2v) is 2.96. The van der Waals surface area contributed by atoms with Gasteiger partial charge in [-0.1, -0.05) is 15.9 Å². The van der Waals surface area contributed by atoms with E-state index in [2.05, 4.69) is 15.9 Å². The highest BCUT2D eigenvalue weighted by molar-refractivity contribution is 9.09. The van der Waals surface area contributed by atoms with Crippen molar-refractivity contribution in [3.05, 3.63) is 0 Å². The summed E-state index contributed by atoms with van der Waals surface area (Å²) in [7, 11) is 0. The summed E-state index contributed by atoms with van der Waals surface area (Å²) in [5, 5.41) is 1.02. The van der Waals surface area contributed by atoms with E-state index in [1.165, 1.54) is 0 Å². The first-order chi connectivity index (χ1) is 5.35. The van der Waals surface area contributed by atoms with Crippen LogP contribution in [0.2, 0.25) is 0 Å².